The predicted molar refractivity (Wildman–Crippen MR) is 68.9 cm³/mol. The molecule has 0 aliphatic heterocycles. The van der Waals surface area contributed by atoms with Gasteiger partial charge in [0.25, 0.3) is 0 Å². The Hall–Kier alpha value is -0.421. The molecule has 0 bridgehead atoms. The van der Waals surface area contributed by atoms with E-state index >= 15 is 0 Å². The third-order valence-corrected chi connectivity index (χ3v) is 1.54. The number of Topliss-reactive ketones (excluding diaryl/α,β-unsaturated/α-hetero) is 1. The van der Waals surface area contributed by atoms with E-state index < -0.39 is 12.4 Å². The van der Waals surface area contributed by atoms with E-state index in [0.29, 0.717) is 24.7 Å². The van der Waals surface area contributed by atoms with Crippen LogP contribution < -0.4 is 15.3 Å². The van der Waals surface area contributed by atoms with E-state index in [0.717, 1.165) is 0 Å². The van der Waals surface area contributed by atoms with Gasteiger partial charge in [0.2, 0.25) is 0 Å². The third-order valence-electron chi connectivity index (χ3n) is 1.54. The van der Waals surface area contributed by atoms with Crippen molar-refractivity contribution in [1.29, 1.82) is 0 Å². The second-order valence-electron chi connectivity index (χ2n) is 4.96. The molecule has 121 valence electrons. The van der Waals surface area contributed by atoms with Crippen LogP contribution in [0.2, 0.25) is 0 Å². The maximum Gasteiger partial charge on any atom is 3.00 e. The number of carboxylic acid groups (broad SMARTS) is 1. The summed E-state index contributed by atoms with van der Waals surface area (Å²) in [6, 6.07) is 0. The molecule has 0 saturated carbocycles. The van der Waals surface area contributed by atoms with Gasteiger partial charge in [-0.05, 0) is 6.42 Å². The molecule has 5 nitrogen and oxygen atoms in total. The van der Waals surface area contributed by atoms with E-state index in [1.54, 1.807) is 0 Å². The molecule has 0 aliphatic carbocycles. The number of carbonyl (C=O) groups is 2. The minimum atomic E-state index is -1.28. The van der Waals surface area contributed by atoms with E-state index in [4.69, 9.17) is 0 Å². The maximum atomic E-state index is 10.4. The average Bonchev–Trinajstić information content (AvgIpc) is 2.29. The number of hydrogen-bond donors (Lipinski definition) is 0. The summed E-state index contributed by atoms with van der Waals surface area (Å²) in [5, 5.41) is 29.0. The topological polar surface area (TPSA) is 103 Å². The first-order chi connectivity index (χ1) is 8.70. The Morgan fingerprint density at radius 3 is 1.40 bits per heavy atom. The summed E-state index contributed by atoms with van der Waals surface area (Å²) >= 11 is 0. The molecule has 6 heteroatoms. The van der Waals surface area contributed by atoms with Gasteiger partial charge in [-0.25, -0.2) is 0 Å². The molecule has 0 atom stereocenters. The van der Waals surface area contributed by atoms with Gasteiger partial charge in [0.15, 0.2) is 0 Å². The molecule has 1 radical (unpaired) electrons. The molecule has 0 rings (SSSR count). The standard InChI is InChI=1S/C6H10O3.2C4H9O.Fe/c1-2-3-5(7)4-6(8)9;2*1-4(2)3-5;/h2-4H2,1H3,(H,8,9);2*4H,3H2,1-2H3;/q;2*-1;+3/p-1. The van der Waals surface area contributed by atoms with Crippen molar-refractivity contribution in [2.24, 2.45) is 11.8 Å². The van der Waals surface area contributed by atoms with Crippen LogP contribution in [0, 0.1) is 11.8 Å². The molecule has 0 spiro atoms. The number of rotatable bonds is 6. The number of ketones is 1. The molecule has 0 aromatic heterocycles. The zero-order valence-electron chi connectivity index (χ0n) is 13.1. The quantitative estimate of drug-likeness (QED) is 0.482. The fourth-order valence-electron chi connectivity index (χ4n) is 0.528. The number of aliphatic carboxylic acids is 1. The fourth-order valence-corrected chi connectivity index (χ4v) is 0.528. The summed E-state index contributed by atoms with van der Waals surface area (Å²) in [5.74, 6) is -0.879. The molecule has 0 saturated heterocycles. The Bertz CT molecular complexity index is 210. The van der Waals surface area contributed by atoms with Crippen LogP contribution in [0.5, 0.6) is 0 Å². The van der Waals surface area contributed by atoms with Crippen molar-refractivity contribution in [3.63, 3.8) is 0 Å². The predicted octanol–water partition coefficient (Wildman–Crippen LogP) is -0.501. The van der Waals surface area contributed by atoms with Gasteiger partial charge in [-0.1, -0.05) is 46.5 Å². The van der Waals surface area contributed by atoms with Gasteiger partial charge < -0.3 is 20.1 Å². The second kappa shape index (κ2) is 20.9. The molecule has 0 fully saturated rings. The van der Waals surface area contributed by atoms with E-state index in [2.05, 4.69) is 0 Å². The molecule has 0 aliphatic rings. The van der Waals surface area contributed by atoms with Crippen LogP contribution in [0.25, 0.3) is 0 Å². The third kappa shape index (κ3) is 43.2. The first-order valence-electron chi connectivity index (χ1n) is 6.58. The molecule has 0 aromatic rings. The van der Waals surface area contributed by atoms with Crippen LogP contribution in [0.3, 0.4) is 0 Å². The van der Waals surface area contributed by atoms with E-state index in [1.165, 1.54) is 0 Å². The average molecular weight is 331 g/mol. The normalized spacial score (nSPS) is 8.85. The molecule has 0 unspecified atom stereocenters. The summed E-state index contributed by atoms with van der Waals surface area (Å²) in [6.45, 7) is 9.58. The smallest absolute Gasteiger partial charge is 0.854 e. The first kappa shape index (κ1) is 27.8. The van der Waals surface area contributed by atoms with Gasteiger partial charge >= 0.3 is 17.1 Å². The monoisotopic (exact) mass is 331 g/mol. The summed E-state index contributed by atoms with van der Waals surface area (Å²) in [5.41, 5.74) is 0. The number of hydrogen-bond acceptors (Lipinski definition) is 5. The summed E-state index contributed by atoms with van der Waals surface area (Å²) in [6.07, 6.45) is 0.605. The van der Waals surface area contributed by atoms with Crippen molar-refractivity contribution in [1.82, 2.24) is 0 Å². The van der Waals surface area contributed by atoms with Crippen molar-refractivity contribution in [2.75, 3.05) is 13.2 Å². The van der Waals surface area contributed by atoms with Crippen LogP contribution in [0.4, 0.5) is 0 Å². The van der Waals surface area contributed by atoms with Crippen molar-refractivity contribution in [3.8, 4) is 0 Å². The van der Waals surface area contributed by atoms with Gasteiger partial charge in [-0.3, -0.25) is 4.79 Å². The van der Waals surface area contributed by atoms with E-state index in [9.17, 15) is 24.9 Å². The van der Waals surface area contributed by atoms with E-state index in [-0.39, 0.29) is 36.1 Å². The fraction of sp³-hybridized carbons (Fsp3) is 0.857. The van der Waals surface area contributed by atoms with Gasteiger partial charge in [0.05, 0.1) is 0 Å². The van der Waals surface area contributed by atoms with Crippen LogP contribution >= 0.6 is 0 Å². The molecule has 0 N–H and O–H groups in total. The Balaban J connectivity index is -0.000000101. The largest absolute Gasteiger partial charge is 3.00 e. The molecular weight excluding hydrogens is 304 g/mol. The molecular formula is C14H27FeO5. The Kier molecular flexibility index (Phi) is 29.1. The number of carboxylic acids is 1. The minimum Gasteiger partial charge on any atom is -0.854 e. The van der Waals surface area contributed by atoms with Crippen LogP contribution in [0.1, 0.15) is 53.9 Å². The summed E-state index contributed by atoms with van der Waals surface area (Å²) in [4.78, 5) is 20.2. The Labute approximate surface area is 133 Å². The maximum absolute atomic E-state index is 10.4. The van der Waals surface area contributed by atoms with Crippen LogP contribution in [0.15, 0.2) is 0 Å². The second-order valence-corrected chi connectivity index (χ2v) is 4.96. The Morgan fingerprint density at radius 1 is 0.950 bits per heavy atom. The summed E-state index contributed by atoms with van der Waals surface area (Å²) < 4.78 is 0. The van der Waals surface area contributed by atoms with Crippen molar-refractivity contribution >= 4 is 11.8 Å². The molecule has 20 heavy (non-hydrogen) atoms. The van der Waals surface area contributed by atoms with Gasteiger partial charge in [0, 0.05) is 18.8 Å². The minimum absolute atomic E-state index is 0. The summed E-state index contributed by atoms with van der Waals surface area (Å²) in [7, 11) is 0. The van der Waals surface area contributed by atoms with Gasteiger partial charge in [-0.15, -0.1) is 13.2 Å². The van der Waals surface area contributed by atoms with Gasteiger partial charge in [0.1, 0.15) is 5.78 Å². The number of carbonyl (C=O) groups excluding carboxylic acids is 2. The zero-order chi connectivity index (χ0) is 15.8. The molecule has 0 aromatic carbocycles. The van der Waals surface area contributed by atoms with Crippen LogP contribution in [-0.2, 0) is 26.7 Å². The molecule has 0 amide bonds. The van der Waals surface area contributed by atoms with Crippen LogP contribution in [-0.4, -0.2) is 25.0 Å². The van der Waals surface area contributed by atoms with Crippen molar-refractivity contribution in [3.05, 3.63) is 0 Å². The zero-order valence-corrected chi connectivity index (χ0v) is 14.2. The SMILES string of the molecule is CC(C)C[O-].CC(C)C[O-].CCCC(=O)CC(=O)[O-].[Fe+3]. The van der Waals surface area contributed by atoms with Crippen molar-refractivity contribution in [2.45, 2.75) is 53.9 Å². The van der Waals surface area contributed by atoms with E-state index in [1.807, 2.05) is 34.6 Å². The van der Waals surface area contributed by atoms with Crippen molar-refractivity contribution < 1.29 is 42.0 Å². The molecule has 0 heterocycles. The first-order valence-corrected chi connectivity index (χ1v) is 6.58. The Morgan fingerprint density at radius 2 is 1.25 bits per heavy atom. The van der Waals surface area contributed by atoms with Gasteiger partial charge in [-0.2, -0.15) is 0 Å².